The summed E-state index contributed by atoms with van der Waals surface area (Å²) in [6, 6.07) is 9.38. The molecule has 4 N–H and O–H groups in total. The fraction of sp³-hybridized carbons (Fsp3) is 0.143. The number of nitrogens with zero attached hydrogens (tertiary/aromatic N) is 2. The summed E-state index contributed by atoms with van der Waals surface area (Å²) < 4.78 is 5.75. The van der Waals surface area contributed by atoms with Crippen LogP contribution in [0.2, 0.25) is 0 Å². The minimum atomic E-state index is -0.544. The van der Waals surface area contributed by atoms with Crippen molar-refractivity contribution >= 4 is 39.6 Å². The summed E-state index contributed by atoms with van der Waals surface area (Å²) in [6.45, 7) is 4.10. The second-order valence-corrected chi connectivity index (χ2v) is 8.72. The molecule has 31 heavy (non-hydrogen) atoms. The number of amides is 2. The van der Waals surface area contributed by atoms with E-state index in [1.54, 1.807) is 24.6 Å². The van der Waals surface area contributed by atoms with Crippen LogP contribution in [0.15, 0.2) is 41.9 Å². The third-order valence-electron chi connectivity index (χ3n) is 4.40. The van der Waals surface area contributed by atoms with Gasteiger partial charge >= 0.3 is 0 Å². The Bertz CT molecular complexity index is 1240. The van der Waals surface area contributed by atoms with E-state index in [2.05, 4.69) is 20.3 Å². The van der Waals surface area contributed by atoms with Crippen molar-refractivity contribution in [3.8, 4) is 17.0 Å². The van der Waals surface area contributed by atoms with E-state index in [4.69, 9.17) is 10.5 Å². The quantitative estimate of drug-likeness (QED) is 0.388. The number of primary amides is 1. The molecule has 2 amide bonds. The van der Waals surface area contributed by atoms with Gasteiger partial charge in [0.15, 0.2) is 5.13 Å². The molecule has 0 saturated heterocycles. The van der Waals surface area contributed by atoms with Gasteiger partial charge in [-0.15, -0.1) is 22.7 Å². The van der Waals surface area contributed by atoms with Crippen LogP contribution in [0.3, 0.4) is 0 Å². The van der Waals surface area contributed by atoms with Crippen molar-refractivity contribution in [1.82, 2.24) is 15.0 Å². The Morgan fingerprint density at radius 1 is 1.19 bits per heavy atom. The molecule has 0 aliphatic heterocycles. The summed E-state index contributed by atoms with van der Waals surface area (Å²) in [5.74, 6) is -0.0637. The lowest BCUT2D eigenvalue weighted by Crippen LogP contribution is -2.11. The van der Waals surface area contributed by atoms with E-state index in [9.17, 15) is 9.59 Å². The summed E-state index contributed by atoms with van der Waals surface area (Å²) in [5.41, 5.74) is 8.71. The van der Waals surface area contributed by atoms with Crippen molar-refractivity contribution < 1.29 is 14.3 Å². The Labute approximate surface area is 186 Å². The lowest BCUT2D eigenvalue weighted by Gasteiger charge is -2.03. The number of carbonyl (C=O) groups excluding carboxylic acids is 2. The van der Waals surface area contributed by atoms with Gasteiger partial charge in [-0.2, -0.15) is 0 Å². The Morgan fingerprint density at radius 3 is 2.68 bits per heavy atom. The third-order valence-corrected chi connectivity index (χ3v) is 6.29. The Hall–Kier alpha value is -3.50. The number of aromatic nitrogens is 3. The van der Waals surface area contributed by atoms with Crippen molar-refractivity contribution in [1.29, 1.82) is 0 Å². The Balaban J connectivity index is 1.41. The largest absolute Gasteiger partial charge is 0.486 e. The number of benzene rings is 1. The molecule has 4 rings (SSSR count). The molecule has 3 aromatic heterocycles. The van der Waals surface area contributed by atoms with E-state index in [1.807, 2.05) is 31.2 Å². The second kappa shape index (κ2) is 8.70. The number of thiazole rings is 2. The predicted molar refractivity (Wildman–Crippen MR) is 121 cm³/mol. The van der Waals surface area contributed by atoms with Crippen molar-refractivity contribution in [3.63, 3.8) is 0 Å². The summed E-state index contributed by atoms with van der Waals surface area (Å²) in [7, 11) is 0. The Kier molecular flexibility index (Phi) is 5.83. The second-order valence-electron chi connectivity index (χ2n) is 6.78. The number of anilines is 1. The molecule has 10 heteroatoms. The maximum absolute atomic E-state index is 12.7. The molecule has 1 aromatic carbocycles. The van der Waals surface area contributed by atoms with Crippen LogP contribution in [0.1, 0.15) is 36.4 Å². The van der Waals surface area contributed by atoms with Crippen LogP contribution in [0.4, 0.5) is 5.13 Å². The van der Waals surface area contributed by atoms with Gasteiger partial charge in [-0.1, -0.05) is 17.7 Å². The van der Waals surface area contributed by atoms with E-state index in [-0.39, 0.29) is 5.91 Å². The molecule has 0 aliphatic rings. The van der Waals surface area contributed by atoms with Crippen molar-refractivity contribution in [3.05, 3.63) is 68.7 Å². The number of H-pyrrole nitrogens is 1. The highest BCUT2D eigenvalue weighted by Crippen LogP contribution is 2.27. The van der Waals surface area contributed by atoms with Gasteiger partial charge in [0.05, 0.1) is 11.4 Å². The number of aryl methyl sites for hydroxylation is 2. The van der Waals surface area contributed by atoms with E-state index in [1.165, 1.54) is 22.7 Å². The molecule has 0 unspecified atom stereocenters. The number of hydrogen-bond acceptors (Lipinski definition) is 7. The minimum absolute atomic E-state index is 0.274. The van der Waals surface area contributed by atoms with E-state index in [0.717, 1.165) is 16.9 Å². The molecule has 0 fully saturated rings. The zero-order valence-corrected chi connectivity index (χ0v) is 18.4. The molecule has 0 radical (unpaired) electrons. The smallest absolute Gasteiger partial charge is 0.269 e. The van der Waals surface area contributed by atoms with Crippen LogP contribution < -0.4 is 15.8 Å². The summed E-state index contributed by atoms with van der Waals surface area (Å²) in [5, 5.41) is 5.77. The zero-order chi connectivity index (χ0) is 22.0. The highest BCUT2D eigenvalue weighted by Gasteiger charge is 2.18. The first-order chi connectivity index (χ1) is 14.9. The molecule has 158 valence electrons. The fourth-order valence-electron chi connectivity index (χ4n) is 2.81. The van der Waals surface area contributed by atoms with Crippen LogP contribution in [-0.2, 0) is 6.61 Å². The molecule has 0 saturated carbocycles. The molecule has 0 atom stereocenters. The maximum Gasteiger partial charge on any atom is 0.269 e. The topological polar surface area (TPSA) is 123 Å². The molecular weight excluding hydrogens is 434 g/mol. The standard InChI is InChI=1S/C21H19N5O3S2/c1-11-3-5-14(6-4-11)29-9-17-24-12(2)18(31-17)20(28)26-21-25-16(10-30-21)13-7-15(19(22)27)23-8-13/h3-8,10,23H,9H2,1-2H3,(H2,22,27)(H,25,26,28). The fourth-order valence-corrected chi connectivity index (χ4v) is 4.39. The average molecular weight is 454 g/mol. The molecule has 0 aliphatic carbocycles. The number of nitrogens with one attached hydrogen (secondary N) is 2. The van der Waals surface area contributed by atoms with Gasteiger partial charge < -0.3 is 15.5 Å². The number of aromatic amines is 1. The lowest BCUT2D eigenvalue weighted by molar-refractivity contribution is 0.0994. The third kappa shape index (κ3) is 4.81. The van der Waals surface area contributed by atoms with Crippen LogP contribution in [0, 0.1) is 13.8 Å². The average Bonchev–Trinajstić information content (AvgIpc) is 3.47. The van der Waals surface area contributed by atoms with Gasteiger partial charge in [0.25, 0.3) is 11.8 Å². The van der Waals surface area contributed by atoms with Gasteiger partial charge in [-0.05, 0) is 32.0 Å². The van der Waals surface area contributed by atoms with Gasteiger partial charge in [-0.3, -0.25) is 14.9 Å². The van der Waals surface area contributed by atoms with Gasteiger partial charge in [-0.25, -0.2) is 9.97 Å². The lowest BCUT2D eigenvalue weighted by atomic mass is 10.2. The zero-order valence-electron chi connectivity index (χ0n) is 16.8. The number of nitrogens with two attached hydrogens (primary N) is 1. The van der Waals surface area contributed by atoms with E-state index < -0.39 is 5.91 Å². The SMILES string of the molecule is Cc1ccc(OCc2nc(C)c(C(=O)Nc3nc(-c4c[nH]c(C(N)=O)c4)cs3)s2)cc1. The molecular formula is C21H19N5O3S2. The van der Waals surface area contributed by atoms with Crippen LogP contribution >= 0.6 is 22.7 Å². The highest BCUT2D eigenvalue weighted by atomic mass is 32.1. The van der Waals surface area contributed by atoms with Crippen LogP contribution in [0.25, 0.3) is 11.3 Å². The predicted octanol–water partition coefficient (Wildman–Crippen LogP) is 4.14. The van der Waals surface area contributed by atoms with Crippen molar-refractivity contribution in [2.75, 3.05) is 5.32 Å². The number of rotatable bonds is 7. The minimum Gasteiger partial charge on any atom is -0.486 e. The first kappa shape index (κ1) is 20.8. The first-order valence-corrected chi connectivity index (χ1v) is 11.0. The van der Waals surface area contributed by atoms with Crippen molar-refractivity contribution in [2.45, 2.75) is 20.5 Å². The normalized spacial score (nSPS) is 10.8. The molecule has 0 spiro atoms. The molecule has 3 heterocycles. The van der Waals surface area contributed by atoms with Gasteiger partial charge in [0, 0.05) is 17.1 Å². The van der Waals surface area contributed by atoms with E-state index in [0.29, 0.717) is 38.7 Å². The highest BCUT2D eigenvalue weighted by molar-refractivity contribution is 7.15. The summed E-state index contributed by atoms with van der Waals surface area (Å²) in [6.07, 6.45) is 1.65. The summed E-state index contributed by atoms with van der Waals surface area (Å²) in [4.78, 5) is 36.1. The molecule has 0 bridgehead atoms. The van der Waals surface area contributed by atoms with Crippen molar-refractivity contribution in [2.24, 2.45) is 5.73 Å². The molecule has 8 nitrogen and oxygen atoms in total. The monoisotopic (exact) mass is 453 g/mol. The van der Waals surface area contributed by atoms with Crippen LogP contribution in [0.5, 0.6) is 5.75 Å². The van der Waals surface area contributed by atoms with Crippen LogP contribution in [-0.4, -0.2) is 26.8 Å². The van der Waals surface area contributed by atoms with E-state index >= 15 is 0 Å². The summed E-state index contributed by atoms with van der Waals surface area (Å²) >= 11 is 2.58. The number of ether oxygens (including phenoxy) is 1. The first-order valence-electron chi connectivity index (χ1n) is 9.30. The van der Waals surface area contributed by atoms with Gasteiger partial charge in [0.1, 0.15) is 27.9 Å². The Morgan fingerprint density at radius 2 is 1.97 bits per heavy atom. The number of hydrogen-bond donors (Lipinski definition) is 3. The number of carbonyl (C=O) groups is 2. The molecule has 4 aromatic rings. The van der Waals surface area contributed by atoms with Gasteiger partial charge in [0.2, 0.25) is 0 Å². The maximum atomic E-state index is 12.7.